The minimum atomic E-state index is 0.0843. The topological polar surface area (TPSA) is 74.8 Å². The summed E-state index contributed by atoms with van der Waals surface area (Å²) in [6.45, 7) is 7.77. The first-order chi connectivity index (χ1) is 11.8. The smallest absolute Gasteiger partial charge is 0.221 e. The van der Waals surface area contributed by atoms with Crippen LogP contribution in [-0.2, 0) is 9.53 Å². The third-order valence-corrected chi connectivity index (χ3v) is 4.04. The second kappa shape index (κ2) is 14.1. The van der Waals surface area contributed by atoms with Gasteiger partial charge in [0.1, 0.15) is 0 Å². The Hall–Kier alpha value is -1.30. The molecule has 0 aromatic carbocycles. The summed E-state index contributed by atoms with van der Waals surface area (Å²) in [6, 6.07) is 0. The van der Waals surface area contributed by atoms with Crippen molar-refractivity contribution in [2.45, 2.75) is 71.3 Å². The number of hydrogen-bond donors (Lipinski definition) is 3. The van der Waals surface area contributed by atoms with E-state index in [1.165, 1.54) is 32.1 Å². The van der Waals surface area contributed by atoms with Crippen molar-refractivity contribution in [1.82, 2.24) is 16.0 Å². The fourth-order valence-corrected chi connectivity index (χ4v) is 2.73. The fraction of sp³-hybridized carbons (Fsp3) is 0.889. The van der Waals surface area contributed by atoms with Gasteiger partial charge in [-0.25, -0.2) is 0 Å². The van der Waals surface area contributed by atoms with Gasteiger partial charge in [-0.1, -0.05) is 26.2 Å². The highest BCUT2D eigenvalue weighted by Crippen LogP contribution is 2.20. The van der Waals surface area contributed by atoms with E-state index in [0.29, 0.717) is 19.1 Å². The summed E-state index contributed by atoms with van der Waals surface area (Å²) >= 11 is 0. The number of guanidine groups is 1. The van der Waals surface area contributed by atoms with E-state index in [1.54, 1.807) is 0 Å². The molecule has 3 N–H and O–H groups in total. The molecule has 0 spiro atoms. The van der Waals surface area contributed by atoms with Gasteiger partial charge in [-0.15, -0.1) is 0 Å². The van der Waals surface area contributed by atoms with Gasteiger partial charge in [-0.05, 0) is 32.6 Å². The summed E-state index contributed by atoms with van der Waals surface area (Å²) in [6.07, 6.45) is 9.24. The molecule has 0 heterocycles. The van der Waals surface area contributed by atoms with Crippen molar-refractivity contribution in [3.8, 4) is 0 Å². The van der Waals surface area contributed by atoms with Crippen molar-refractivity contribution in [3.05, 3.63) is 0 Å². The molecule has 0 atom stereocenters. The summed E-state index contributed by atoms with van der Waals surface area (Å²) in [5, 5.41) is 9.29. The van der Waals surface area contributed by atoms with Gasteiger partial charge in [-0.3, -0.25) is 9.79 Å². The van der Waals surface area contributed by atoms with Crippen LogP contribution in [0.2, 0.25) is 0 Å². The maximum Gasteiger partial charge on any atom is 0.221 e. The summed E-state index contributed by atoms with van der Waals surface area (Å²) in [7, 11) is 0. The SMILES string of the molecule is CCCNC(=O)CCNC(=NCCCOC1CCCCC1)NCC. The highest BCUT2D eigenvalue weighted by molar-refractivity contribution is 5.81. The second-order valence-corrected chi connectivity index (χ2v) is 6.27. The Morgan fingerprint density at radius 1 is 1.08 bits per heavy atom. The Bertz CT molecular complexity index is 355. The molecule has 1 fully saturated rings. The summed E-state index contributed by atoms with van der Waals surface area (Å²) in [4.78, 5) is 16.1. The van der Waals surface area contributed by atoms with E-state index in [-0.39, 0.29) is 5.91 Å². The van der Waals surface area contributed by atoms with Crippen molar-refractivity contribution in [3.63, 3.8) is 0 Å². The van der Waals surface area contributed by atoms with Gasteiger partial charge in [0.05, 0.1) is 6.10 Å². The average Bonchev–Trinajstić information content (AvgIpc) is 2.60. The number of nitrogens with zero attached hydrogens (tertiary/aromatic N) is 1. The number of aliphatic imine (C=N–C) groups is 1. The highest BCUT2D eigenvalue weighted by Gasteiger charge is 2.12. The Kier molecular flexibility index (Phi) is 12.2. The van der Waals surface area contributed by atoms with Gasteiger partial charge in [0, 0.05) is 39.2 Å². The lowest BCUT2D eigenvalue weighted by atomic mass is 9.98. The van der Waals surface area contributed by atoms with Crippen LogP contribution in [0, 0.1) is 0 Å². The number of amides is 1. The molecule has 0 aromatic heterocycles. The van der Waals surface area contributed by atoms with Crippen molar-refractivity contribution in [1.29, 1.82) is 0 Å². The van der Waals surface area contributed by atoms with Crippen molar-refractivity contribution in [2.24, 2.45) is 4.99 Å². The molecule has 0 aliphatic heterocycles. The van der Waals surface area contributed by atoms with Crippen molar-refractivity contribution < 1.29 is 9.53 Å². The summed E-state index contributed by atoms with van der Waals surface area (Å²) in [5.74, 6) is 0.861. The predicted molar refractivity (Wildman–Crippen MR) is 99.3 cm³/mol. The van der Waals surface area contributed by atoms with Gasteiger partial charge in [0.2, 0.25) is 5.91 Å². The molecule has 0 aromatic rings. The molecule has 6 nitrogen and oxygen atoms in total. The lowest BCUT2D eigenvalue weighted by Crippen LogP contribution is -2.39. The Balaban J connectivity index is 2.13. The van der Waals surface area contributed by atoms with Crippen LogP contribution < -0.4 is 16.0 Å². The second-order valence-electron chi connectivity index (χ2n) is 6.27. The minimum absolute atomic E-state index is 0.0843. The molecule has 0 unspecified atom stereocenters. The van der Waals surface area contributed by atoms with E-state index in [1.807, 2.05) is 13.8 Å². The zero-order valence-corrected chi connectivity index (χ0v) is 15.5. The van der Waals surface area contributed by atoms with Gasteiger partial charge < -0.3 is 20.7 Å². The molecule has 1 aliphatic carbocycles. The van der Waals surface area contributed by atoms with Crippen LogP contribution in [0.4, 0.5) is 0 Å². The maximum absolute atomic E-state index is 11.6. The van der Waals surface area contributed by atoms with Crippen LogP contribution in [0.1, 0.15) is 65.2 Å². The van der Waals surface area contributed by atoms with Gasteiger partial charge in [0.25, 0.3) is 0 Å². The van der Waals surface area contributed by atoms with Crippen LogP contribution in [0.15, 0.2) is 4.99 Å². The van der Waals surface area contributed by atoms with Crippen LogP contribution in [-0.4, -0.2) is 50.8 Å². The molecule has 24 heavy (non-hydrogen) atoms. The Morgan fingerprint density at radius 2 is 1.88 bits per heavy atom. The quantitative estimate of drug-likeness (QED) is 0.306. The highest BCUT2D eigenvalue weighted by atomic mass is 16.5. The average molecular weight is 341 g/mol. The van der Waals surface area contributed by atoms with Crippen molar-refractivity contribution in [2.75, 3.05) is 32.8 Å². The molecule has 0 bridgehead atoms. The molecule has 140 valence electrons. The zero-order valence-electron chi connectivity index (χ0n) is 15.5. The lowest BCUT2D eigenvalue weighted by Gasteiger charge is -2.21. The Labute approximate surface area is 147 Å². The van der Waals surface area contributed by atoms with E-state index >= 15 is 0 Å². The van der Waals surface area contributed by atoms with Crippen LogP contribution in [0.3, 0.4) is 0 Å². The summed E-state index contributed by atoms with van der Waals surface area (Å²) < 4.78 is 5.91. The van der Waals surface area contributed by atoms with Gasteiger partial charge >= 0.3 is 0 Å². The number of rotatable bonds is 11. The number of ether oxygens (including phenoxy) is 1. The molecule has 1 aliphatic rings. The van der Waals surface area contributed by atoms with E-state index in [4.69, 9.17) is 4.74 Å². The number of nitrogens with one attached hydrogen (secondary N) is 3. The van der Waals surface area contributed by atoms with E-state index in [9.17, 15) is 4.79 Å². The number of carbonyl (C=O) groups is 1. The first-order valence-corrected chi connectivity index (χ1v) is 9.66. The molecule has 0 saturated heterocycles. The number of hydrogen-bond acceptors (Lipinski definition) is 3. The third kappa shape index (κ3) is 10.5. The molecule has 1 saturated carbocycles. The molecular formula is C18H36N4O2. The third-order valence-electron chi connectivity index (χ3n) is 4.04. The first-order valence-electron chi connectivity index (χ1n) is 9.66. The zero-order chi connectivity index (χ0) is 17.5. The fourth-order valence-electron chi connectivity index (χ4n) is 2.73. The van der Waals surface area contributed by atoms with Crippen molar-refractivity contribution >= 4 is 11.9 Å². The first kappa shape index (κ1) is 20.7. The van der Waals surface area contributed by atoms with Crippen LogP contribution >= 0.6 is 0 Å². The molecule has 0 radical (unpaired) electrons. The predicted octanol–water partition coefficient (Wildman–Crippen LogP) is 2.20. The normalized spacial score (nSPS) is 16.0. The molecule has 1 amide bonds. The summed E-state index contributed by atoms with van der Waals surface area (Å²) in [5.41, 5.74) is 0. The van der Waals surface area contributed by atoms with Crippen LogP contribution in [0.5, 0.6) is 0 Å². The lowest BCUT2D eigenvalue weighted by molar-refractivity contribution is -0.120. The minimum Gasteiger partial charge on any atom is -0.378 e. The largest absolute Gasteiger partial charge is 0.378 e. The maximum atomic E-state index is 11.6. The molecule has 6 heteroatoms. The van der Waals surface area contributed by atoms with Crippen LogP contribution in [0.25, 0.3) is 0 Å². The van der Waals surface area contributed by atoms with E-state index < -0.39 is 0 Å². The van der Waals surface area contributed by atoms with E-state index in [0.717, 1.165) is 45.0 Å². The van der Waals surface area contributed by atoms with Gasteiger partial charge in [0.15, 0.2) is 5.96 Å². The van der Waals surface area contributed by atoms with Gasteiger partial charge in [-0.2, -0.15) is 0 Å². The molecule has 1 rings (SSSR count). The Morgan fingerprint density at radius 3 is 2.58 bits per heavy atom. The molecular weight excluding hydrogens is 304 g/mol. The van der Waals surface area contributed by atoms with E-state index in [2.05, 4.69) is 20.9 Å². The standard InChI is InChI=1S/C18H36N4O2/c1-3-12-20-17(23)11-14-22-18(19-4-2)21-13-8-15-24-16-9-6-5-7-10-16/h16H,3-15H2,1-2H3,(H,20,23)(H2,19,21,22). The number of carbonyl (C=O) groups excluding carboxylic acids is 1. The monoisotopic (exact) mass is 340 g/mol.